The molecule has 28 heavy (non-hydrogen) atoms. The third-order valence-corrected chi connectivity index (χ3v) is 5.02. The number of nitrogens with zero attached hydrogens (tertiary/aromatic N) is 4. The summed E-state index contributed by atoms with van der Waals surface area (Å²) >= 11 is 0. The van der Waals surface area contributed by atoms with E-state index in [0.717, 1.165) is 0 Å². The fraction of sp³-hybridized carbons (Fsp3) is 0.238. The molecule has 7 nitrogen and oxygen atoms in total. The number of para-hydroxylation sites is 1. The average Bonchev–Trinajstić information content (AvgIpc) is 2.74. The molecule has 4 rings (SSSR count). The molecule has 3 aromatic rings. The van der Waals surface area contributed by atoms with E-state index in [-0.39, 0.29) is 23.1 Å². The summed E-state index contributed by atoms with van der Waals surface area (Å²) in [4.78, 5) is 41.1. The van der Waals surface area contributed by atoms with Crippen LogP contribution in [0.25, 0.3) is 16.5 Å². The molecule has 0 saturated carbocycles. The molecule has 2 aromatic carbocycles. The SMILES string of the molecule is CC(=O)N1CCN(C(=O)c2nn(-c3ccccc3)c(=O)c3ccccc23)CC1. The molecule has 0 N–H and O–H groups in total. The number of carbonyl (C=O) groups is 2. The molecular formula is C21H20N4O3. The molecule has 1 aliphatic rings. The molecule has 0 atom stereocenters. The number of benzene rings is 2. The van der Waals surface area contributed by atoms with Crippen molar-refractivity contribution in [1.29, 1.82) is 0 Å². The molecule has 142 valence electrons. The monoisotopic (exact) mass is 376 g/mol. The van der Waals surface area contributed by atoms with Crippen LogP contribution in [0.5, 0.6) is 0 Å². The highest BCUT2D eigenvalue weighted by molar-refractivity contribution is 6.05. The lowest BCUT2D eigenvalue weighted by molar-refractivity contribution is -0.130. The van der Waals surface area contributed by atoms with Gasteiger partial charge in [-0.1, -0.05) is 36.4 Å². The average molecular weight is 376 g/mol. The van der Waals surface area contributed by atoms with Crippen LogP contribution in [0, 0.1) is 0 Å². The Bertz CT molecular complexity index is 1100. The van der Waals surface area contributed by atoms with Crippen molar-refractivity contribution in [2.75, 3.05) is 26.2 Å². The summed E-state index contributed by atoms with van der Waals surface area (Å²) in [5.41, 5.74) is 0.587. The number of rotatable bonds is 2. The molecule has 0 spiro atoms. The third kappa shape index (κ3) is 3.15. The maximum absolute atomic E-state index is 13.2. The van der Waals surface area contributed by atoms with E-state index in [1.54, 1.807) is 46.2 Å². The van der Waals surface area contributed by atoms with Crippen molar-refractivity contribution < 1.29 is 9.59 Å². The smallest absolute Gasteiger partial charge is 0.279 e. The van der Waals surface area contributed by atoms with E-state index >= 15 is 0 Å². The summed E-state index contributed by atoms with van der Waals surface area (Å²) in [6, 6.07) is 16.1. The Morgan fingerprint density at radius 3 is 2.04 bits per heavy atom. The van der Waals surface area contributed by atoms with Crippen molar-refractivity contribution >= 4 is 22.6 Å². The minimum atomic E-state index is -0.264. The van der Waals surface area contributed by atoms with Gasteiger partial charge in [0.05, 0.1) is 11.1 Å². The molecule has 2 heterocycles. The normalized spacial score (nSPS) is 14.3. The number of amides is 2. The van der Waals surface area contributed by atoms with Crippen LogP contribution < -0.4 is 5.56 Å². The molecule has 2 amide bonds. The van der Waals surface area contributed by atoms with Crippen molar-refractivity contribution in [3.63, 3.8) is 0 Å². The second-order valence-electron chi connectivity index (χ2n) is 6.74. The molecule has 7 heteroatoms. The highest BCUT2D eigenvalue weighted by Crippen LogP contribution is 2.18. The number of fused-ring (bicyclic) bond motifs is 1. The van der Waals surface area contributed by atoms with E-state index < -0.39 is 0 Å². The largest absolute Gasteiger partial charge is 0.339 e. The maximum Gasteiger partial charge on any atom is 0.279 e. The van der Waals surface area contributed by atoms with Gasteiger partial charge in [0.15, 0.2) is 5.69 Å². The summed E-state index contributed by atoms with van der Waals surface area (Å²) in [6.45, 7) is 3.41. The zero-order chi connectivity index (χ0) is 19.7. The molecule has 0 unspecified atom stereocenters. The first-order chi connectivity index (χ1) is 13.6. The molecule has 0 bridgehead atoms. The lowest BCUT2D eigenvalue weighted by atomic mass is 10.1. The summed E-state index contributed by atoms with van der Waals surface area (Å²) in [5.74, 6) is -0.225. The Kier molecular flexibility index (Phi) is 4.65. The highest BCUT2D eigenvalue weighted by atomic mass is 16.2. The van der Waals surface area contributed by atoms with Crippen LogP contribution in [0.15, 0.2) is 59.4 Å². The van der Waals surface area contributed by atoms with Crippen LogP contribution >= 0.6 is 0 Å². The van der Waals surface area contributed by atoms with Crippen LogP contribution in [-0.4, -0.2) is 57.6 Å². The molecule has 1 aromatic heterocycles. The van der Waals surface area contributed by atoms with Gasteiger partial charge in [0.1, 0.15) is 0 Å². The predicted molar refractivity (Wildman–Crippen MR) is 105 cm³/mol. The Balaban J connectivity index is 1.78. The number of hydrogen-bond acceptors (Lipinski definition) is 4. The number of carbonyl (C=O) groups excluding carboxylic acids is 2. The van der Waals surface area contributed by atoms with Crippen molar-refractivity contribution in [2.45, 2.75) is 6.92 Å². The first kappa shape index (κ1) is 17.9. The van der Waals surface area contributed by atoms with E-state index in [4.69, 9.17) is 0 Å². The Labute approximate surface area is 161 Å². The zero-order valence-electron chi connectivity index (χ0n) is 15.5. The number of aromatic nitrogens is 2. The van der Waals surface area contributed by atoms with E-state index in [9.17, 15) is 14.4 Å². The quantitative estimate of drug-likeness (QED) is 0.682. The van der Waals surface area contributed by atoms with E-state index in [1.165, 1.54) is 11.6 Å². The summed E-state index contributed by atoms with van der Waals surface area (Å²) in [6.07, 6.45) is 0. The summed E-state index contributed by atoms with van der Waals surface area (Å²) in [5, 5.41) is 5.42. The fourth-order valence-corrected chi connectivity index (χ4v) is 3.47. The second-order valence-corrected chi connectivity index (χ2v) is 6.74. The van der Waals surface area contributed by atoms with Crippen LogP contribution in [0.3, 0.4) is 0 Å². The van der Waals surface area contributed by atoms with Crippen molar-refractivity contribution in [3.05, 3.63) is 70.6 Å². The number of piperazine rings is 1. The molecule has 0 aliphatic carbocycles. The van der Waals surface area contributed by atoms with Crippen molar-refractivity contribution in [2.24, 2.45) is 0 Å². The summed E-state index contributed by atoms with van der Waals surface area (Å²) < 4.78 is 1.28. The van der Waals surface area contributed by atoms with Gasteiger partial charge in [-0.3, -0.25) is 14.4 Å². The van der Waals surface area contributed by atoms with Gasteiger partial charge in [-0.05, 0) is 18.2 Å². The predicted octanol–water partition coefficient (Wildman–Crippen LogP) is 1.69. The minimum absolute atomic E-state index is 0.00769. The number of hydrogen-bond donors (Lipinski definition) is 0. The molecular weight excluding hydrogens is 356 g/mol. The van der Waals surface area contributed by atoms with E-state index in [2.05, 4.69) is 5.10 Å². The Morgan fingerprint density at radius 2 is 1.39 bits per heavy atom. The first-order valence-electron chi connectivity index (χ1n) is 9.18. The van der Waals surface area contributed by atoms with E-state index in [1.807, 2.05) is 18.2 Å². The van der Waals surface area contributed by atoms with Crippen LogP contribution in [0.4, 0.5) is 0 Å². The topological polar surface area (TPSA) is 75.5 Å². The standard InChI is InChI=1S/C21H20N4O3/c1-15(26)23-11-13-24(14-12-23)21(28)19-17-9-5-6-10-18(17)20(27)25(22-19)16-7-3-2-4-8-16/h2-10H,11-14H2,1H3. The van der Waals surface area contributed by atoms with Gasteiger partial charge in [0.2, 0.25) is 5.91 Å². The molecule has 1 fully saturated rings. The maximum atomic E-state index is 13.2. The van der Waals surface area contributed by atoms with Gasteiger partial charge in [0, 0.05) is 38.5 Å². The zero-order valence-corrected chi connectivity index (χ0v) is 15.5. The molecule has 0 radical (unpaired) electrons. The van der Waals surface area contributed by atoms with Gasteiger partial charge in [-0.25, -0.2) is 0 Å². The van der Waals surface area contributed by atoms with Gasteiger partial charge in [-0.15, -0.1) is 0 Å². The van der Waals surface area contributed by atoms with Gasteiger partial charge in [-0.2, -0.15) is 9.78 Å². The molecule has 1 saturated heterocycles. The van der Waals surface area contributed by atoms with Crippen LogP contribution in [0.1, 0.15) is 17.4 Å². The van der Waals surface area contributed by atoms with Gasteiger partial charge >= 0.3 is 0 Å². The third-order valence-electron chi connectivity index (χ3n) is 5.02. The van der Waals surface area contributed by atoms with Gasteiger partial charge < -0.3 is 9.80 Å². The van der Waals surface area contributed by atoms with Gasteiger partial charge in [0.25, 0.3) is 11.5 Å². The summed E-state index contributed by atoms with van der Waals surface area (Å²) in [7, 11) is 0. The molecule has 1 aliphatic heterocycles. The van der Waals surface area contributed by atoms with Crippen molar-refractivity contribution in [3.8, 4) is 5.69 Å². The lowest BCUT2D eigenvalue weighted by Crippen LogP contribution is -2.50. The second kappa shape index (κ2) is 7.26. The van der Waals surface area contributed by atoms with E-state index in [0.29, 0.717) is 42.6 Å². The fourth-order valence-electron chi connectivity index (χ4n) is 3.47. The lowest BCUT2D eigenvalue weighted by Gasteiger charge is -2.34. The van der Waals surface area contributed by atoms with Crippen LogP contribution in [-0.2, 0) is 4.79 Å². The Hall–Kier alpha value is -3.48. The highest BCUT2D eigenvalue weighted by Gasteiger charge is 2.26. The first-order valence-corrected chi connectivity index (χ1v) is 9.18. The van der Waals surface area contributed by atoms with Crippen LogP contribution in [0.2, 0.25) is 0 Å². The Morgan fingerprint density at radius 1 is 0.821 bits per heavy atom. The minimum Gasteiger partial charge on any atom is -0.339 e. The van der Waals surface area contributed by atoms with Crippen molar-refractivity contribution in [1.82, 2.24) is 19.6 Å².